The predicted molar refractivity (Wildman–Crippen MR) is 80.0 cm³/mol. The maximum atomic E-state index is 12.2. The minimum Gasteiger partial charge on any atom is -0.490 e. The van der Waals surface area contributed by atoms with Crippen molar-refractivity contribution in [2.45, 2.75) is 20.8 Å². The summed E-state index contributed by atoms with van der Waals surface area (Å²) in [5.74, 6) is 1.16. The molecule has 1 fully saturated rings. The second-order valence-electron chi connectivity index (χ2n) is 5.51. The normalized spacial score (nSPS) is 16.0. The smallest absolute Gasteiger partial charge is 0.251 e. The summed E-state index contributed by atoms with van der Waals surface area (Å²) in [6.07, 6.45) is 0. The number of amides is 1. The van der Waals surface area contributed by atoms with Crippen LogP contribution in [0.3, 0.4) is 0 Å². The fourth-order valence-corrected chi connectivity index (χ4v) is 2.14. The molecule has 0 saturated carbocycles. The molecule has 2 rings (SSSR count). The number of hydrogen-bond acceptors (Lipinski definition) is 4. The minimum absolute atomic E-state index is 0.0592. The molecule has 116 valence electrons. The Kier molecular flexibility index (Phi) is 5.07. The first-order chi connectivity index (χ1) is 10.1. The van der Waals surface area contributed by atoms with E-state index in [0.717, 1.165) is 0 Å². The first-order valence-corrected chi connectivity index (χ1v) is 7.33. The number of benzene rings is 1. The fourth-order valence-electron chi connectivity index (χ4n) is 2.14. The molecule has 1 N–H and O–H groups in total. The third-order valence-electron chi connectivity index (χ3n) is 3.38. The Bertz CT molecular complexity index is 497. The highest BCUT2D eigenvalue weighted by molar-refractivity contribution is 5.94. The van der Waals surface area contributed by atoms with Crippen LogP contribution in [0, 0.1) is 5.41 Å². The van der Waals surface area contributed by atoms with Crippen LogP contribution in [0.2, 0.25) is 0 Å². The predicted octanol–water partition coefficient (Wildman–Crippen LogP) is 2.25. The van der Waals surface area contributed by atoms with Crippen molar-refractivity contribution in [3.63, 3.8) is 0 Å². The van der Waals surface area contributed by atoms with Gasteiger partial charge in [-0.1, -0.05) is 6.92 Å². The molecule has 1 saturated heterocycles. The van der Waals surface area contributed by atoms with Crippen LogP contribution >= 0.6 is 0 Å². The zero-order valence-electron chi connectivity index (χ0n) is 12.9. The molecule has 0 aliphatic carbocycles. The van der Waals surface area contributed by atoms with Gasteiger partial charge in [-0.3, -0.25) is 4.79 Å². The third-order valence-corrected chi connectivity index (χ3v) is 3.38. The van der Waals surface area contributed by atoms with Crippen LogP contribution < -0.4 is 14.8 Å². The average Bonchev–Trinajstić information content (AvgIpc) is 2.45. The number of rotatable bonds is 7. The maximum Gasteiger partial charge on any atom is 0.251 e. The monoisotopic (exact) mass is 293 g/mol. The molecule has 0 atom stereocenters. The molecule has 0 unspecified atom stereocenters. The lowest BCUT2D eigenvalue weighted by molar-refractivity contribution is -0.0978. The van der Waals surface area contributed by atoms with E-state index in [4.69, 9.17) is 14.2 Å². The van der Waals surface area contributed by atoms with Crippen molar-refractivity contribution in [3.05, 3.63) is 23.8 Å². The SMILES string of the molecule is CCOc1ccc(C(=O)NCC2(C)COC2)cc1OCC. The van der Waals surface area contributed by atoms with Crippen molar-refractivity contribution >= 4 is 5.91 Å². The quantitative estimate of drug-likeness (QED) is 0.837. The zero-order chi connectivity index (χ0) is 15.3. The minimum atomic E-state index is -0.105. The van der Waals surface area contributed by atoms with E-state index in [0.29, 0.717) is 50.0 Å². The highest BCUT2D eigenvalue weighted by atomic mass is 16.5. The molecule has 1 amide bonds. The highest BCUT2D eigenvalue weighted by Crippen LogP contribution is 2.29. The van der Waals surface area contributed by atoms with E-state index in [1.165, 1.54) is 0 Å². The van der Waals surface area contributed by atoms with Crippen LogP contribution in [-0.4, -0.2) is 38.9 Å². The summed E-state index contributed by atoms with van der Waals surface area (Å²) in [6.45, 7) is 9.01. The summed E-state index contributed by atoms with van der Waals surface area (Å²) in [7, 11) is 0. The lowest BCUT2D eigenvalue weighted by Crippen LogP contribution is -2.48. The van der Waals surface area contributed by atoms with Crippen molar-refractivity contribution in [2.75, 3.05) is 33.0 Å². The average molecular weight is 293 g/mol. The van der Waals surface area contributed by atoms with Gasteiger partial charge in [0.25, 0.3) is 5.91 Å². The van der Waals surface area contributed by atoms with Crippen molar-refractivity contribution in [3.8, 4) is 11.5 Å². The lowest BCUT2D eigenvalue weighted by Gasteiger charge is -2.38. The Morgan fingerprint density at radius 2 is 1.90 bits per heavy atom. The third kappa shape index (κ3) is 3.88. The fraction of sp³-hybridized carbons (Fsp3) is 0.562. The standard InChI is InChI=1S/C16H23NO4/c1-4-20-13-7-6-12(8-14(13)21-5-2)15(18)17-9-16(3)10-19-11-16/h6-8H,4-5,9-11H2,1-3H3,(H,17,18). The molecule has 21 heavy (non-hydrogen) atoms. The van der Waals surface area contributed by atoms with Gasteiger partial charge in [-0.15, -0.1) is 0 Å². The largest absolute Gasteiger partial charge is 0.490 e. The Morgan fingerprint density at radius 1 is 1.24 bits per heavy atom. The van der Waals surface area contributed by atoms with E-state index in [1.54, 1.807) is 18.2 Å². The highest BCUT2D eigenvalue weighted by Gasteiger charge is 2.33. The van der Waals surface area contributed by atoms with Crippen LogP contribution in [0.15, 0.2) is 18.2 Å². The molecule has 0 spiro atoms. The number of hydrogen-bond donors (Lipinski definition) is 1. The van der Waals surface area contributed by atoms with Crippen molar-refractivity contribution in [1.82, 2.24) is 5.32 Å². The zero-order valence-corrected chi connectivity index (χ0v) is 12.9. The lowest BCUT2D eigenvalue weighted by atomic mass is 9.88. The molecule has 1 aromatic rings. The topological polar surface area (TPSA) is 56.8 Å². The van der Waals surface area contributed by atoms with Gasteiger partial charge in [-0.2, -0.15) is 0 Å². The summed E-state index contributed by atoms with van der Waals surface area (Å²) in [6, 6.07) is 5.25. The number of carbonyl (C=O) groups is 1. The van der Waals surface area contributed by atoms with Crippen LogP contribution in [0.4, 0.5) is 0 Å². The molecule has 0 radical (unpaired) electrons. The van der Waals surface area contributed by atoms with Crippen molar-refractivity contribution < 1.29 is 19.0 Å². The molecule has 1 aliphatic heterocycles. The van der Waals surface area contributed by atoms with E-state index in [-0.39, 0.29) is 11.3 Å². The first-order valence-electron chi connectivity index (χ1n) is 7.33. The van der Waals surface area contributed by atoms with E-state index < -0.39 is 0 Å². The van der Waals surface area contributed by atoms with E-state index in [1.807, 2.05) is 13.8 Å². The summed E-state index contributed by atoms with van der Waals surface area (Å²) in [5.41, 5.74) is 0.634. The Balaban J connectivity index is 2.04. The molecule has 0 aromatic heterocycles. The molecule has 1 aliphatic rings. The number of nitrogens with one attached hydrogen (secondary N) is 1. The summed E-state index contributed by atoms with van der Waals surface area (Å²) >= 11 is 0. The van der Waals surface area contributed by atoms with Gasteiger partial charge in [0.15, 0.2) is 11.5 Å². The Morgan fingerprint density at radius 3 is 2.48 bits per heavy atom. The first kappa shape index (κ1) is 15.6. The van der Waals surface area contributed by atoms with Gasteiger partial charge < -0.3 is 19.5 Å². The van der Waals surface area contributed by atoms with Crippen LogP contribution in [0.25, 0.3) is 0 Å². The number of carbonyl (C=O) groups excluding carboxylic acids is 1. The van der Waals surface area contributed by atoms with Crippen LogP contribution in [0.1, 0.15) is 31.1 Å². The molecule has 1 heterocycles. The molecule has 0 bridgehead atoms. The molecular formula is C16H23NO4. The van der Waals surface area contributed by atoms with Crippen LogP contribution in [0.5, 0.6) is 11.5 Å². The van der Waals surface area contributed by atoms with Gasteiger partial charge >= 0.3 is 0 Å². The second kappa shape index (κ2) is 6.80. The molecular weight excluding hydrogens is 270 g/mol. The Hall–Kier alpha value is -1.75. The van der Waals surface area contributed by atoms with Crippen LogP contribution in [-0.2, 0) is 4.74 Å². The molecule has 1 aromatic carbocycles. The Labute approximate surface area is 125 Å². The molecule has 5 heteroatoms. The van der Waals surface area contributed by atoms with Crippen molar-refractivity contribution in [1.29, 1.82) is 0 Å². The summed E-state index contributed by atoms with van der Waals surface area (Å²) < 4.78 is 16.2. The van der Waals surface area contributed by atoms with Gasteiger partial charge in [-0.05, 0) is 32.0 Å². The number of ether oxygens (including phenoxy) is 3. The van der Waals surface area contributed by atoms with Gasteiger partial charge in [0.05, 0.1) is 26.4 Å². The van der Waals surface area contributed by atoms with Gasteiger partial charge in [-0.25, -0.2) is 0 Å². The second-order valence-corrected chi connectivity index (χ2v) is 5.51. The van der Waals surface area contributed by atoms with Gasteiger partial charge in [0.1, 0.15) is 0 Å². The van der Waals surface area contributed by atoms with E-state index in [9.17, 15) is 4.79 Å². The summed E-state index contributed by atoms with van der Waals surface area (Å²) in [5, 5.41) is 2.95. The molecule has 5 nitrogen and oxygen atoms in total. The summed E-state index contributed by atoms with van der Waals surface area (Å²) in [4.78, 5) is 12.2. The van der Waals surface area contributed by atoms with Crippen molar-refractivity contribution in [2.24, 2.45) is 5.41 Å². The maximum absolute atomic E-state index is 12.2. The van der Waals surface area contributed by atoms with E-state index >= 15 is 0 Å². The van der Waals surface area contributed by atoms with Gasteiger partial charge in [0, 0.05) is 17.5 Å². The van der Waals surface area contributed by atoms with E-state index in [2.05, 4.69) is 12.2 Å². The van der Waals surface area contributed by atoms with Gasteiger partial charge in [0.2, 0.25) is 0 Å².